The summed E-state index contributed by atoms with van der Waals surface area (Å²) in [5.41, 5.74) is -7.55. The van der Waals surface area contributed by atoms with Crippen molar-refractivity contribution in [1.82, 2.24) is 0 Å². The summed E-state index contributed by atoms with van der Waals surface area (Å²) >= 11 is 0. The highest BCUT2D eigenvalue weighted by Gasteiger charge is 2.35. The van der Waals surface area contributed by atoms with Gasteiger partial charge in [-0.3, -0.25) is 0 Å². The van der Waals surface area contributed by atoms with Crippen LogP contribution >= 0.6 is 0 Å². The van der Waals surface area contributed by atoms with Crippen molar-refractivity contribution in [3.8, 4) is 189 Å². The third kappa shape index (κ3) is 17.9. The van der Waals surface area contributed by atoms with E-state index in [1.54, 1.807) is 0 Å². The fraction of sp³-hybridized carbons (Fsp3) is 0.167. The van der Waals surface area contributed by atoms with E-state index in [2.05, 4.69) is 189 Å². The Morgan fingerprint density at radius 1 is 0.135 bits per heavy atom. The predicted molar refractivity (Wildman–Crippen MR) is 405 cm³/mol. The summed E-state index contributed by atoms with van der Waals surface area (Å²) < 4.78 is 49.6. The minimum atomic E-state index is -1.56. The van der Waals surface area contributed by atoms with Crippen LogP contribution in [0.2, 0.25) is 0 Å². The average molecular weight is 1350 g/mol. The second-order valence-corrected chi connectivity index (χ2v) is 22.0. The van der Waals surface area contributed by atoms with E-state index in [-0.39, 0.29) is 0 Å². The van der Waals surface area contributed by atoms with Crippen molar-refractivity contribution in [1.29, 1.82) is 0 Å². The summed E-state index contributed by atoms with van der Waals surface area (Å²) in [6.45, 7) is 0. The molecule has 8 heteroatoms. The van der Waals surface area contributed by atoms with E-state index in [9.17, 15) is 0 Å². The van der Waals surface area contributed by atoms with Crippen LogP contribution in [-0.4, -0.2) is 56.9 Å². The lowest BCUT2D eigenvalue weighted by molar-refractivity contribution is 0.0889. The summed E-state index contributed by atoms with van der Waals surface area (Å²) in [5, 5.41) is 0. The van der Waals surface area contributed by atoms with Crippen molar-refractivity contribution in [2.24, 2.45) is 0 Å². The molecule has 0 heterocycles. The number of methoxy groups -OCH3 is 8. The van der Waals surface area contributed by atoms with Gasteiger partial charge in [-0.1, -0.05) is 243 Å². The first-order chi connectivity index (χ1) is 51.0. The average Bonchev–Trinajstić information content (AvgIpc) is 0.819. The lowest BCUT2D eigenvalue weighted by atomic mass is 9.92. The van der Waals surface area contributed by atoms with Gasteiger partial charge >= 0.3 is 0 Å². The molecule has 0 amide bonds. The lowest BCUT2D eigenvalue weighted by Crippen LogP contribution is -2.26. The highest BCUT2D eigenvalue weighted by molar-refractivity contribution is 5.58. The normalized spacial score (nSPS) is 22.8. The van der Waals surface area contributed by atoms with Crippen molar-refractivity contribution < 1.29 is 37.9 Å². The fourth-order valence-corrected chi connectivity index (χ4v) is 10.5. The molecule has 0 aliphatic heterocycles. The Labute approximate surface area is 612 Å². The molecular weight excluding hydrogens is 1280 g/mol. The van der Waals surface area contributed by atoms with Crippen LogP contribution in [0.5, 0.6) is 0 Å². The van der Waals surface area contributed by atoms with Gasteiger partial charge in [-0.2, -0.15) is 0 Å². The first kappa shape index (κ1) is 74.6. The maximum absolute atomic E-state index is 6.20. The van der Waals surface area contributed by atoms with Gasteiger partial charge in [0.15, 0.2) is 0 Å². The van der Waals surface area contributed by atoms with E-state index < -0.39 is 44.8 Å². The van der Waals surface area contributed by atoms with Crippen molar-refractivity contribution in [3.63, 3.8) is 0 Å². The number of ether oxygens (including phenoxy) is 8. The second kappa shape index (κ2) is 36.5. The largest absolute Gasteiger partial charge is 0.351 e. The first-order valence-corrected chi connectivity index (χ1v) is 32.2. The summed E-state index contributed by atoms with van der Waals surface area (Å²) in [5.74, 6) is 99.0. The highest BCUT2D eigenvalue weighted by atomic mass is 16.5. The number of hydrogen-bond acceptors (Lipinski definition) is 8. The van der Waals surface area contributed by atoms with E-state index in [4.69, 9.17) is 37.9 Å². The Kier molecular flexibility index (Phi) is 26.2. The molecule has 496 valence electrons. The molecule has 0 aromatic heterocycles. The van der Waals surface area contributed by atoms with Gasteiger partial charge in [0, 0.05) is 101 Å². The Morgan fingerprint density at radius 3 is 0.279 bits per heavy atom. The summed E-state index contributed by atoms with van der Waals surface area (Å²) in [7, 11) is 12.0. The third-order valence-electron chi connectivity index (χ3n) is 16.2. The number of benzene rings is 8. The Balaban J connectivity index is 1.29. The third-order valence-corrected chi connectivity index (χ3v) is 16.2. The van der Waals surface area contributed by atoms with Crippen molar-refractivity contribution in [2.75, 3.05) is 56.9 Å². The molecule has 0 radical (unpaired) electrons. The monoisotopic (exact) mass is 1340 g/mol. The molecule has 0 N–H and O–H groups in total. The minimum Gasteiger partial charge on any atom is -0.351 e. The Bertz CT molecular complexity index is 4270. The van der Waals surface area contributed by atoms with Crippen LogP contribution < -0.4 is 0 Å². The van der Waals surface area contributed by atoms with Crippen LogP contribution in [0.15, 0.2) is 243 Å². The zero-order valence-electron chi connectivity index (χ0n) is 58.4. The minimum absolute atomic E-state index is 0.612. The lowest BCUT2D eigenvalue weighted by Gasteiger charge is -2.22. The van der Waals surface area contributed by atoms with E-state index in [0.717, 1.165) is 0 Å². The van der Waals surface area contributed by atoms with Gasteiger partial charge in [-0.05, 0) is 189 Å². The molecule has 8 aromatic rings. The fourth-order valence-electron chi connectivity index (χ4n) is 10.5. The zero-order chi connectivity index (χ0) is 73.2. The van der Waals surface area contributed by atoms with Crippen LogP contribution in [0.25, 0.3) is 0 Å². The molecule has 8 aromatic carbocycles. The number of rotatable bonds is 16. The zero-order valence-corrected chi connectivity index (χ0v) is 58.4. The van der Waals surface area contributed by atoms with Crippen LogP contribution in [0.1, 0.15) is 44.5 Å². The van der Waals surface area contributed by atoms with Gasteiger partial charge in [-0.25, -0.2) is 0 Å². The predicted octanol–water partition coefficient (Wildman–Crippen LogP) is 12.4. The van der Waals surface area contributed by atoms with Crippen LogP contribution in [0.4, 0.5) is 0 Å². The maximum Gasteiger partial charge on any atom is 0.218 e. The Morgan fingerprint density at radius 2 is 0.212 bits per heavy atom. The highest BCUT2D eigenvalue weighted by Crippen LogP contribution is 2.31. The van der Waals surface area contributed by atoms with Gasteiger partial charge in [0.2, 0.25) is 44.8 Å². The van der Waals surface area contributed by atoms with E-state index in [0.29, 0.717) is 44.5 Å². The second-order valence-electron chi connectivity index (χ2n) is 22.0. The number of hydrogen-bond donors (Lipinski definition) is 0. The summed E-state index contributed by atoms with van der Waals surface area (Å²) in [6, 6.07) is 74.3. The van der Waals surface area contributed by atoms with Crippen molar-refractivity contribution in [3.05, 3.63) is 287 Å². The van der Waals surface area contributed by atoms with E-state index >= 15 is 0 Å². The smallest absolute Gasteiger partial charge is 0.218 e. The molecule has 9 rings (SSSR count). The van der Waals surface area contributed by atoms with Crippen LogP contribution in [0.3, 0.4) is 0 Å². The standard InChI is InChI=1S/C96H64O8/c1-97-89(81-49-17-9-18-50-81)65-33-35-67-90(98-2,82-51-19-10-20-52-82)69-37-39-71-92(100-4,84-55-23-12-24-56-84)73-41-43-75-94(102-6,86-59-27-14-28-60-86)77-45-47-79-96(104-8,88-63-31-16-32-64-88)80-48-46-78-95(103-7,87-61-29-15-30-62-87)76-44-42-74-93(101-5,85-57-25-13-26-58-85)72-40-38-70-91(99-3,68-36-34-66-89)83-53-21-11-22-54-83/h9-32,49-64H,1-8H3. The molecule has 0 spiro atoms. The van der Waals surface area contributed by atoms with E-state index in [1.165, 1.54) is 56.9 Å². The van der Waals surface area contributed by atoms with Gasteiger partial charge in [0.05, 0.1) is 0 Å². The van der Waals surface area contributed by atoms with Gasteiger partial charge in [0.1, 0.15) is 0 Å². The maximum atomic E-state index is 6.20. The van der Waals surface area contributed by atoms with E-state index in [1.807, 2.05) is 243 Å². The van der Waals surface area contributed by atoms with Crippen LogP contribution in [-0.2, 0) is 82.7 Å². The first-order valence-electron chi connectivity index (χ1n) is 32.2. The molecule has 0 atom stereocenters. The summed E-state index contributed by atoms with van der Waals surface area (Å²) in [4.78, 5) is 0. The molecule has 0 fully saturated rings. The summed E-state index contributed by atoms with van der Waals surface area (Å²) in [6.07, 6.45) is 0. The molecule has 0 unspecified atom stereocenters. The molecule has 8 nitrogen and oxygen atoms in total. The molecule has 0 saturated carbocycles. The molecular formula is C96H64O8. The van der Waals surface area contributed by atoms with Gasteiger partial charge in [-0.15, -0.1) is 0 Å². The van der Waals surface area contributed by atoms with Crippen molar-refractivity contribution in [2.45, 2.75) is 44.8 Å². The molecule has 1 aliphatic rings. The molecule has 0 bridgehead atoms. The quantitative estimate of drug-likeness (QED) is 0.0886. The SMILES string of the molecule is COC1(c2ccccc2)C#CC#CC(OC)(c2ccccc2)C#CC#CC(OC)(c2ccccc2)C#CC#CC(OC)(c2ccccc2)C#CC#CC(OC)(c2ccccc2)C#CC#CC(OC)(c2ccccc2)C#CC#CC(OC)(c2ccccc2)C#CC#CC(OC)(c2ccccc2)C#CC#C1. The topological polar surface area (TPSA) is 73.8 Å². The van der Waals surface area contributed by atoms with Crippen molar-refractivity contribution >= 4 is 0 Å². The molecule has 0 saturated heterocycles. The van der Waals surface area contributed by atoms with Gasteiger partial charge < -0.3 is 37.9 Å². The molecule has 1 aliphatic carbocycles. The van der Waals surface area contributed by atoms with Gasteiger partial charge in [0.25, 0.3) is 0 Å². The van der Waals surface area contributed by atoms with Crippen LogP contribution in [0, 0.1) is 189 Å². The molecule has 104 heavy (non-hydrogen) atoms. The Hall–Kier alpha value is -13.6.